The average Bonchev–Trinajstić information content (AvgIpc) is 2.36. The molecule has 2 unspecified atom stereocenters. The van der Waals surface area contributed by atoms with Gasteiger partial charge < -0.3 is 15.6 Å². The Labute approximate surface area is 104 Å². The van der Waals surface area contributed by atoms with Gasteiger partial charge in [-0.2, -0.15) is 0 Å². The van der Waals surface area contributed by atoms with Crippen LogP contribution in [0.4, 0.5) is 0 Å². The standard InChI is InChI=1S/C14H23NO2/c1-3-14(15)13(7-8-16)12-6-4-5-11(9-12)10-17-2/h4-6,9,13-14,16H,3,7-8,10,15H2,1-2H3. The lowest BCUT2D eigenvalue weighted by Gasteiger charge is -2.23. The van der Waals surface area contributed by atoms with Gasteiger partial charge in [0, 0.05) is 25.7 Å². The molecule has 0 saturated carbocycles. The Bertz CT molecular complexity index is 328. The van der Waals surface area contributed by atoms with E-state index >= 15 is 0 Å². The summed E-state index contributed by atoms with van der Waals surface area (Å²) in [6.45, 7) is 2.86. The van der Waals surface area contributed by atoms with Gasteiger partial charge in [-0.3, -0.25) is 0 Å². The fraction of sp³-hybridized carbons (Fsp3) is 0.571. The third-order valence-corrected chi connectivity index (χ3v) is 3.12. The van der Waals surface area contributed by atoms with Gasteiger partial charge >= 0.3 is 0 Å². The topological polar surface area (TPSA) is 55.5 Å². The molecule has 17 heavy (non-hydrogen) atoms. The molecule has 96 valence electrons. The van der Waals surface area contributed by atoms with Crippen molar-refractivity contribution in [2.24, 2.45) is 5.73 Å². The minimum Gasteiger partial charge on any atom is -0.396 e. The highest BCUT2D eigenvalue weighted by Crippen LogP contribution is 2.25. The summed E-state index contributed by atoms with van der Waals surface area (Å²) in [5.41, 5.74) is 8.46. The van der Waals surface area contributed by atoms with Crippen molar-refractivity contribution in [2.75, 3.05) is 13.7 Å². The van der Waals surface area contributed by atoms with Gasteiger partial charge in [0.05, 0.1) is 6.61 Å². The molecule has 3 N–H and O–H groups in total. The van der Waals surface area contributed by atoms with Crippen LogP contribution in [0.3, 0.4) is 0 Å². The number of methoxy groups -OCH3 is 1. The van der Waals surface area contributed by atoms with Gasteiger partial charge in [0.15, 0.2) is 0 Å². The molecule has 0 aromatic heterocycles. The van der Waals surface area contributed by atoms with Crippen LogP contribution in [0.15, 0.2) is 24.3 Å². The van der Waals surface area contributed by atoms with Crippen LogP contribution in [0.25, 0.3) is 0 Å². The average molecular weight is 237 g/mol. The Morgan fingerprint density at radius 1 is 1.41 bits per heavy atom. The first-order valence-corrected chi connectivity index (χ1v) is 6.17. The molecule has 0 spiro atoms. The SMILES string of the molecule is CCC(N)C(CCO)c1cccc(COC)c1. The Balaban J connectivity index is 2.88. The van der Waals surface area contributed by atoms with Crippen LogP contribution >= 0.6 is 0 Å². The number of hydrogen-bond acceptors (Lipinski definition) is 3. The summed E-state index contributed by atoms with van der Waals surface area (Å²) in [5.74, 6) is 0.224. The number of aliphatic hydroxyl groups excluding tert-OH is 1. The highest BCUT2D eigenvalue weighted by atomic mass is 16.5. The Kier molecular flexibility index (Phi) is 6.19. The van der Waals surface area contributed by atoms with E-state index in [9.17, 15) is 0 Å². The second-order valence-electron chi connectivity index (χ2n) is 4.37. The monoisotopic (exact) mass is 237 g/mol. The zero-order valence-corrected chi connectivity index (χ0v) is 10.7. The maximum absolute atomic E-state index is 9.13. The van der Waals surface area contributed by atoms with Crippen molar-refractivity contribution in [3.8, 4) is 0 Å². The number of nitrogens with two attached hydrogens (primary N) is 1. The zero-order valence-electron chi connectivity index (χ0n) is 10.7. The van der Waals surface area contributed by atoms with Gasteiger partial charge in [0.25, 0.3) is 0 Å². The second kappa shape index (κ2) is 7.43. The molecule has 0 aliphatic heterocycles. The van der Waals surface area contributed by atoms with Gasteiger partial charge in [-0.25, -0.2) is 0 Å². The maximum Gasteiger partial charge on any atom is 0.0713 e. The van der Waals surface area contributed by atoms with Gasteiger partial charge in [-0.05, 0) is 24.0 Å². The molecule has 0 amide bonds. The summed E-state index contributed by atoms with van der Waals surface area (Å²) in [5, 5.41) is 9.13. The first kappa shape index (κ1) is 14.2. The smallest absolute Gasteiger partial charge is 0.0713 e. The fourth-order valence-corrected chi connectivity index (χ4v) is 2.13. The number of benzene rings is 1. The Hall–Kier alpha value is -0.900. The highest BCUT2D eigenvalue weighted by molar-refractivity contribution is 5.27. The van der Waals surface area contributed by atoms with Crippen LogP contribution < -0.4 is 5.73 Å². The molecule has 1 aromatic rings. The summed E-state index contributed by atoms with van der Waals surface area (Å²) in [6, 6.07) is 8.37. The molecule has 3 nitrogen and oxygen atoms in total. The molecule has 0 fully saturated rings. The quantitative estimate of drug-likeness (QED) is 0.763. The molecule has 0 saturated heterocycles. The van der Waals surface area contributed by atoms with Gasteiger partial charge in [-0.1, -0.05) is 31.2 Å². The summed E-state index contributed by atoms with van der Waals surface area (Å²) in [6.07, 6.45) is 1.63. The van der Waals surface area contributed by atoms with E-state index in [0.29, 0.717) is 13.0 Å². The molecular weight excluding hydrogens is 214 g/mol. The number of aliphatic hydroxyl groups is 1. The third-order valence-electron chi connectivity index (χ3n) is 3.12. The number of ether oxygens (including phenoxy) is 1. The van der Waals surface area contributed by atoms with Crippen LogP contribution in [0.2, 0.25) is 0 Å². The lowest BCUT2D eigenvalue weighted by molar-refractivity contribution is 0.184. The molecule has 3 heteroatoms. The van der Waals surface area contributed by atoms with Crippen molar-refractivity contribution in [1.29, 1.82) is 0 Å². The van der Waals surface area contributed by atoms with Crippen molar-refractivity contribution in [3.05, 3.63) is 35.4 Å². The predicted molar refractivity (Wildman–Crippen MR) is 69.9 cm³/mol. The summed E-state index contributed by atoms with van der Waals surface area (Å²) < 4.78 is 5.13. The van der Waals surface area contributed by atoms with E-state index in [0.717, 1.165) is 12.0 Å². The second-order valence-corrected chi connectivity index (χ2v) is 4.37. The van der Waals surface area contributed by atoms with E-state index in [1.807, 2.05) is 12.1 Å². The minimum atomic E-state index is 0.0972. The van der Waals surface area contributed by atoms with Crippen LogP contribution in [-0.4, -0.2) is 24.9 Å². The third kappa shape index (κ3) is 4.11. The Morgan fingerprint density at radius 2 is 2.18 bits per heavy atom. The van der Waals surface area contributed by atoms with Crippen LogP contribution in [0.1, 0.15) is 36.8 Å². The molecular formula is C14H23NO2. The van der Waals surface area contributed by atoms with Crippen molar-refractivity contribution in [2.45, 2.75) is 38.3 Å². The molecule has 1 aromatic carbocycles. The maximum atomic E-state index is 9.13. The number of hydrogen-bond donors (Lipinski definition) is 2. The molecule has 2 atom stereocenters. The Morgan fingerprint density at radius 3 is 2.76 bits per heavy atom. The van der Waals surface area contributed by atoms with E-state index in [1.165, 1.54) is 5.56 Å². The van der Waals surface area contributed by atoms with Crippen molar-refractivity contribution < 1.29 is 9.84 Å². The fourth-order valence-electron chi connectivity index (χ4n) is 2.13. The molecule has 0 heterocycles. The first-order valence-electron chi connectivity index (χ1n) is 6.17. The molecule has 0 radical (unpaired) electrons. The summed E-state index contributed by atoms with van der Waals surface area (Å²) in [7, 11) is 1.69. The lowest BCUT2D eigenvalue weighted by Crippen LogP contribution is -2.28. The van der Waals surface area contributed by atoms with Crippen molar-refractivity contribution in [1.82, 2.24) is 0 Å². The summed E-state index contributed by atoms with van der Waals surface area (Å²) in [4.78, 5) is 0. The van der Waals surface area contributed by atoms with Gasteiger partial charge in [0.1, 0.15) is 0 Å². The van der Waals surface area contributed by atoms with E-state index in [1.54, 1.807) is 7.11 Å². The molecule has 0 aliphatic rings. The van der Waals surface area contributed by atoms with Crippen molar-refractivity contribution >= 4 is 0 Å². The van der Waals surface area contributed by atoms with Crippen LogP contribution in [-0.2, 0) is 11.3 Å². The van der Waals surface area contributed by atoms with E-state index in [2.05, 4.69) is 19.1 Å². The van der Waals surface area contributed by atoms with E-state index < -0.39 is 0 Å². The summed E-state index contributed by atoms with van der Waals surface area (Å²) >= 11 is 0. The van der Waals surface area contributed by atoms with Crippen LogP contribution in [0.5, 0.6) is 0 Å². The van der Waals surface area contributed by atoms with E-state index in [-0.39, 0.29) is 18.6 Å². The number of rotatable bonds is 7. The minimum absolute atomic E-state index is 0.0972. The lowest BCUT2D eigenvalue weighted by atomic mass is 9.87. The molecule has 0 aliphatic carbocycles. The predicted octanol–water partition coefficient (Wildman–Crippen LogP) is 2.04. The zero-order chi connectivity index (χ0) is 12.7. The van der Waals surface area contributed by atoms with Crippen molar-refractivity contribution in [3.63, 3.8) is 0 Å². The van der Waals surface area contributed by atoms with Gasteiger partial charge in [0.2, 0.25) is 0 Å². The normalized spacial score (nSPS) is 14.6. The van der Waals surface area contributed by atoms with Gasteiger partial charge in [-0.15, -0.1) is 0 Å². The van der Waals surface area contributed by atoms with Crippen LogP contribution in [0, 0.1) is 0 Å². The molecule has 1 rings (SSSR count). The van der Waals surface area contributed by atoms with E-state index in [4.69, 9.17) is 15.6 Å². The first-order chi connectivity index (χ1) is 8.22. The molecule has 0 bridgehead atoms. The highest BCUT2D eigenvalue weighted by Gasteiger charge is 2.18. The largest absolute Gasteiger partial charge is 0.396 e.